The first-order chi connectivity index (χ1) is 13.0. The lowest BCUT2D eigenvalue weighted by molar-refractivity contribution is -0.123. The topological polar surface area (TPSA) is 46.6 Å². The van der Waals surface area contributed by atoms with Crippen molar-refractivity contribution in [3.05, 3.63) is 69.0 Å². The summed E-state index contributed by atoms with van der Waals surface area (Å²) in [5, 5.41) is -0.247. The maximum atomic E-state index is 12.6. The van der Waals surface area contributed by atoms with Gasteiger partial charge in [-0.05, 0) is 66.6 Å². The highest BCUT2D eigenvalue weighted by molar-refractivity contribution is 9.10. The molecule has 0 aromatic heterocycles. The second-order valence-corrected chi connectivity index (χ2v) is 8.21. The first kappa shape index (κ1) is 19.7. The van der Waals surface area contributed by atoms with Gasteiger partial charge in [0, 0.05) is 4.47 Å². The van der Waals surface area contributed by atoms with E-state index in [1.165, 1.54) is 4.90 Å². The van der Waals surface area contributed by atoms with E-state index >= 15 is 0 Å². The normalized spacial score (nSPS) is 16.9. The average molecular weight is 446 g/mol. The summed E-state index contributed by atoms with van der Waals surface area (Å²) in [6, 6.07) is 15.1. The number of halogens is 1. The van der Waals surface area contributed by atoms with Gasteiger partial charge in [-0.2, -0.15) is 0 Å². The number of amides is 2. The Kier molecular flexibility index (Phi) is 6.39. The van der Waals surface area contributed by atoms with Crippen LogP contribution in [0.1, 0.15) is 31.4 Å². The molecule has 2 aromatic carbocycles. The molecular formula is C21H20BrNO3S. The summed E-state index contributed by atoms with van der Waals surface area (Å²) < 4.78 is 6.68. The number of imide groups is 1. The van der Waals surface area contributed by atoms with E-state index in [1.807, 2.05) is 55.5 Å². The third-order valence-electron chi connectivity index (χ3n) is 4.19. The largest absolute Gasteiger partial charge is 0.491 e. The molecule has 6 heteroatoms. The van der Waals surface area contributed by atoms with Crippen molar-refractivity contribution in [2.45, 2.75) is 32.9 Å². The fourth-order valence-corrected chi connectivity index (χ4v) is 3.85. The van der Waals surface area contributed by atoms with Gasteiger partial charge in [0.15, 0.2) is 0 Å². The van der Waals surface area contributed by atoms with Gasteiger partial charge in [0.2, 0.25) is 0 Å². The molecule has 0 unspecified atom stereocenters. The molecule has 1 aliphatic rings. The first-order valence-corrected chi connectivity index (χ1v) is 10.3. The molecule has 1 fully saturated rings. The quantitative estimate of drug-likeness (QED) is 0.522. The molecule has 2 aromatic rings. The fraction of sp³-hybridized carbons (Fsp3) is 0.238. The maximum Gasteiger partial charge on any atom is 0.293 e. The summed E-state index contributed by atoms with van der Waals surface area (Å²) in [5.74, 6) is 0.536. The lowest BCUT2D eigenvalue weighted by Crippen LogP contribution is -2.27. The first-order valence-electron chi connectivity index (χ1n) is 8.73. The molecule has 0 spiro atoms. The van der Waals surface area contributed by atoms with Crippen molar-refractivity contribution in [2.75, 3.05) is 0 Å². The van der Waals surface area contributed by atoms with Crippen LogP contribution in [-0.2, 0) is 11.3 Å². The number of ether oxygens (including phenoxy) is 1. The van der Waals surface area contributed by atoms with Gasteiger partial charge in [0.25, 0.3) is 11.1 Å². The minimum absolute atomic E-state index is 0.158. The molecule has 3 rings (SSSR count). The van der Waals surface area contributed by atoms with Crippen LogP contribution in [-0.4, -0.2) is 22.2 Å². The van der Waals surface area contributed by atoms with Crippen molar-refractivity contribution in [3.8, 4) is 5.75 Å². The predicted octanol–water partition coefficient (Wildman–Crippen LogP) is 5.86. The SMILES string of the molecule is CC[C@@H](C)Oc1ccc(/C=C2\SC(=O)N(Cc3cccc(Br)c3)C2=O)cc1. The molecule has 0 N–H and O–H groups in total. The van der Waals surface area contributed by atoms with E-state index < -0.39 is 0 Å². The number of hydrogen-bond acceptors (Lipinski definition) is 4. The Morgan fingerprint density at radius 2 is 1.93 bits per heavy atom. The minimum atomic E-state index is -0.259. The Labute approximate surface area is 171 Å². The van der Waals surface area contributed by atoms with Crippen LogP contribution in [0.15, 0.2) is 57.9 Å². The highest BCUT2D eigenvalue weighted by atomic mass is 79.9. The van der Waals surface area contributed by atoms with E-state index in [0.29, 0.717) is 4.91 Å². The molecule has 0 saturated carbocycles. The number of nitrogens with zero attached hydrogens (tertiary/aromatic N) is 1. The van der Waals surface area contributed by atoms with Crippen LogP contribution in [0.5, 0.6) is 5.75 Å². The molecule has 1 aliphatic heterocycles. The Balaban J connectivity index is 1.72. The highest BCUT2D eigenvalue weighted by Gasteiger charge is 2.34. The Hall–Kier alpha value is -2.05. The van der Waals surface area contributed by atoms with Gasteiger partial charge in [-0.25, -0.2) is 0 Å². The minimum Gasteiger partial charge on any atom is -0.491 e. The number of rotatable bonds is 6. The Morgan fingerprint density at radius 3 is 2.59 bits per heavy atom. The van der Waals surface area contributed by atoms with E-state index in [0.717, 1.165) is 39.5 Å². The molecular weight excluding hydrogens is 426 g/mol. The van der Waals surface area contributed by atoms with Gasteiger partial charge in [-0.1, -0.05) is 47.1 Å². The van der Waals surface area contributed by atoms with E-state index in [4.69, 9.17) is 4.74 Å². The summed E-state index contributed by atoms with van der Waals surface area (Å²) in [7, 11) is 0. The second-order valence-electron chi connectivity index (χ2n) is 6.30. The lowest BCUT2D eigenvalue weighted by atomic mass is 10.2. The molecule has 2 amide bonds. The van der Waals surface area contributed by atoms with Crippen LogP contribution in [0.25, 0.3) is 6.08 Å². The predicted molar refractivity (Wildman–Crippen MR) is 112 cm³/mol. The van der Waals surface area contributed by atoms with Crippen LogP contribution < -0.4 is 4.74 Å². The standard InChI is InChI=1S/C21H20BrNO3S/c1-3-14(2)26-18-9-7-15(8-10-18)12-19-20(24)23(21(25)27-19)13-16-5-4-6-17(22)11-16/h4-12,14H,3,13H2,1-2H3/b19-12-/t14-/m1/s1. The van der Waals surface area contributed by atoms with Crippen LogP contribution in [0, 0.1) is 0 Å². The lowest BCUT2D eigenvalue weighted by Gasteiger charge is -2.13. The van der Waals surface area contributed by atoms with Crippen molar-refractivity contribution in [1.29, 1.82) is 0 Å². The summed E-state index contributed by atoms with van der Waals surface area (Å²) in [4.78, 5) is 26.6. The van der Waals surface area contributed by atoms with Gasteiger partial charge < -0.3 is 4.74 Å². The number of thioether (sulfide) groups is 1. The zero-order chi connectivity index (χ0) is 19.4. The summed E-state index contributed by atoms with van der Waals surface area (Å²) in [6.07, 6.45) is 2.84. The smallest absolute Gasteiger partial charge is 0.293 e. The summed E-state index contributed by atoms with van der Waals surface area (Å²) in [5.41, 5.74) is 1.76. The monoisotopic (exact) mass is 445 g/mol. The van der Waals surface area contributed by atoms with Crippen molar-refractivity contribution in [1.82, 2.24) is 4.90 Å². The van der Waals surface area contributed by atoms with Crippen molar-refractivity contribution in [2.24, 2.45) is 0 Å². The fourth-order valence-electron chi connectivity index (χ4n) is 2.56. The molecule has 4 nitrogen and oxygen atoms in total. The third kappa shape index (κ3) is 5.02. The average Bonchev–Trinajstić information content (AvgIpc) is 2.91. The number of carbonyl (C=O) groups is 2. The van der Waals surface area contributed by atoms with Gasteiger partial charge in [-0.3, -0.25) is 14.5 Å². The Bertz CT molecular complexity index is 879. The molecule has 0 bridgehead atoms. The molecule has 1 saturated heterocycles. The van der Waals surface area contributed by atoms with E-state index in [-0.39, 0.29) is 23.8 Å². The molecule has 1 atom stereocenters. The van der Waals surface area contributed by atoms with E-state index in [1.54, 1.807) is 6.08 Å². The van der Waals surface area contributed by atoms with Crippen LogP contribution in [0.4, 0.5) is 4.79 Å². The number of carbonyl (C=O) groups excluding carboxylic acids is 2. The van der Waals surface area contributed by atoms with E-state index in [9.17, 15) is 9.59 Å². The van der Waals surface area contributed by atoms with Gasteiger partial charge in [0.05, 0.1) is 17.6 Å². The van der Waals surface area contributed by atoms with Crippen molar-refractivity contribution >= 4 is 44.9 Å². The second kappa shape index (κ2) is 8.76. The zero-order valence-corrected chi connectivity index (χ0v) is 17.5. The number of benzene rings is 2. The van der Waals surface area contributed by atoms with Crippen LogP contribution in [0.3, 0.4) is 0 Å². The van der Waals surface area contributed by atoms with Crippen LogP contribution >= 0.6 is 27.7 Å². The molecule has 1 heterocycles. The van der Waals surface area contributed by atoms with Gasteiger partial charge in [0.1, 0.15) is 5.75 Å². The number of hydrogen-bond donors (Lipinski definition) is 0. The van der Waals surface area contributed by atoms with Crippen molar-refractivity contribution < 1.29 is 14.3 Å². The highest BCUT2D eigenvalue weighted by Crippen LogP contribution is 2.33. The zero-order valence-electron chi connectivity index (χ0n) is 15.1. The molecule has 0 aliphatic carbocycles. The van der Waals surface area contributed by atoms with Gasteiger partial charge >= 0.3 is 0 Å². The van der Waals surface area contributed by atoms with Crippen LogP contribution in [0.2, 0.25) is 0 Å². The third-order valence-corrected chi connectivity index (χ3v) is 5.59. The molecule has 140 valence electrons. The maximum absolute atomic E-state index is 12.6. The molecule has 0 radical (unpaired) electrons. The molecule has 27 heavy (non-hydrogen) atoms. The summed E-state index contributed by atoms with van der Waals surface area (Å²) >= 11 is 4.38. The van der Waals surface area contributed by atoms with Crippen molar-refractivity contribution in [3.63, 3.8) is 0 Å². The summed E-state index contributed by atoms with van der Waals surface area (Å²) in [6.45, 7) is 4.36. The van der Waals surface area contributed by atoms with Gasteiger partial charge in [-0.15, -0.1) is 0 Å². The van der Waals surface area contributed by atoms with E-state index in [2.05, 4.69) is 22.9 Å². The Morgan fingerprint density at radius 1 is 1.19 bits per heavy atom.